The van der Waals surface area contributed by atoms with Gasteiger partial charge in [0.25, 0.3) is 0 Å². The van der Waals surface area contributed by atoms with Gasteiger partial charge in [-0.3, -0.25) is 4.79 Å². The summed E-state index contributed by atoms with van der Waals surface area (Å²) in [5, 5.41) is 11.5. The second kappa shape index (κ2) is 7.72. The third kappa shape index (κ3) is 3.70. The predicted molar refractivity (Wildman–Crippen MR) is 89.1 cm³/mol. The lowest BCUT2D eigenvalue weighted by molar-refractivity contribution is -0.152. The molecule has 0 amide bonds. The van der Waals surface area contributed by atoms with Gasteiger partial charge in [-0.15, -0.1) is 5.10 Å². The maximum Gasteiger partial charge on any atom is 0.317 e. The highest BCUT2D eigenvalue weighted by atomic mass is 19.1. The van der Waals surface area contributed by atoms with Crippen LogP contribution in [0.4, 0.5) is 4.39 Å². The molecule has 0 atom stereocenters. The summed E-state index contributed by atoms with van der Waals surface area (Å²) in [5.41, 5.74) is -0.0651. The number of rotatable bonds is 7. The van der Waals surface area contributed by atoms with Crippen LogP contribution in [0.15, 0.2) is 24.3 Å². The van der Waals surface area contributed by atoms with Gasteiger partial charge in [0.2, 0.25) is 0 Å². The number of aryl methyl sites for hydroxylation is 1. The van der Waals surface area contributed by atoms with Gasteiger partial charge >= 0.3 is 5.97 Å². The van der Waals surface area contributed by atoms with Gasteiger partial charge in [-0.05, 0) is 47.4 Å². The average Bonchev–Trinajstić information content (AvgIpc) is 3.28. The Morgan fingerprint density at radius 3 is 2.88 bits per heavy atom. The van der Waals surface area contributed by atoms with Crippen LogP contribution < -0.4 is 0 Å². The molecular weight excluding hydrogens is 323 g/mol. The SMILES string of the molecule is CCCCn1nnnc1COC(=O)C1(c2cccc(F)c2)CCCC1. The van der Waals surface area contributed by atoms with Crippen molar-refractivity contribution in [2.45, 2.75) is 64.0 Å². The van der Waals surface area contributed by atoms with Gasteiger partial charge < -0.3 is 4.74 Å². The smallest absolute Gasteiger partial charge is 0.317 e. The van der Waals surface area contributed by atoms with E-state index in [1.54, 1.807) is 16.8 Å². The summed E-state index contributed by atoms with van der Waals surface area (Å²) in [5.74, 6) is -0.116. The zero-order valence-electron chi connectivity index (χ0n) is 14.4. The van der Waals surface area contributed by atoms with Crippen molar-refractivity contribution in [1.29, 1.82) is 0 Å². The standard InChI is InChI=1S/C18H23FN4O2/c1-2-3-11-23-16(20-21-22-23)13-25-17(24)18(9-4-5-10-18)14-7-6-8-15(19)12-14/h6-8,12H,2-5,9-11,13H2,1H3. The molecule has 1 heterocycles. The molecule has 2 aromatic rings. The third-order valence-electron chi connectivity index (χ3n) is 4.89. The van der Waals surface area contributed by atoms with Crippen molar-refractivity contribution < 1.29 is 13.9 Å². The Balaban J connectivity index is 1.73. The van der Waals surface area contributed by atoms with Crippen LogP contribution in [0.5, 0.6) is 0 Å². The Morgan fingerprint density at radius 2 is 2.16 bits per heavy atom. The van der Waals surface area contributed by atoms with Crippen molar-refractivity contribution in [3.8, 4) is 0 Å². The molecule has 0 aliphatic heterocycles. The quantitative estimate of drug-likeness (QED) is 0.720. The molecule has 1 aromatic carbocycles. The minimum absolute atomic E-state index is 0.0343. The molecule has 1 aromatic heterocycles. The van der Waals surface area contributed by atoms with E-state index in [0.717, 1.165) is 25.7 Å². The molecule has 25 heavy (non-hydrogen) atoms. The topological polar surface area (TPSA) is 69.9 Å². The fourth-order valence-electron chi connectivity index (χ4n) is 3.45. The number of ether oxygens (including phenoxy) is 1. The van der Waals surface area contributed by atoms with Gasteiger partial charge in [0.15, 0.2) is 12.4 Å². The van der Waals surface area contributed by atoms with Gasteiger partial charge in [0.05, 0.1) is 5.41 Å². The van der Waals surface area contributed by atoms with Crippen molar-refractivity contribution in [2.75, 3.05) is 0 Å². The van der Waals surface area contributed by atoms with E-state index >= 15 is 0 Å². The molecule has 0 unspecified atom stereocenters. The number of hydrogen-bond donors (Lipinski definition) is 0. The van der Waals surface area contributed by atoms with Crippen molar-refractivity contribution >= 4 is 5.97 Å². The van der Waals surface area contributed by atoms with Crippen LogP contribution in [-0.4, -0.2) is 26.2 Å². The summed E-state index contributed by atoms with van der Waals surface area (Å²) >= 11 is 0. The van der Waals surface area contributed by atoms with Crippen LogP contribution in [0.1, 0.15) is 56.8 Å². The number of aromatic nitrogens is 4. The number of halogens is 1. The molecule has 7 heteroatoms. The average molecular weight is 346 g/mol. The Hall–Kier alpha value is -2.31. The highest BCUT2D eigenvalue weighted by Gasteiger charge is 2.44. The summed E-state index contributed by atoms with van der Waals surface area (Å²) in [6.07, 6.45) is 5.20. The van der Waals surface area contributed by atoms with Gasteiger partial charge in [0.1, 0.15) is 5.82 Å². The van der Waals surface area contributed by atoms with Crippen LogP contribution in [0.25, 0.3) is 0 Å². The molecule has 1 fully saturated rings. The Kier molecular flexibility index (Phi) is 5.40. The highest BCUT2D eigenvalue weighted by molar-refractivity contribution is 5.83. The lowest BCUT2D eigenvalue weighted by Crippen LogP contribution is -2.35. The number of unbranched alkanes of at least 4 members (excludes halogenated alkanes) is 1. The van der Waals surface area contributed by atoms with Crippen LogP contribution in [-0.2, 0) is 28.1 Å². The lowest BCUT2D eigenvalue weighted by atomic mass is 9.79. The molecule has 1 aliphatic rings. The normalized spacial score (nSPS) is 16.1. The molecule has 3 rings (SSSR count). The van der Waals surface area contributed by atoms with Gasteiger partial charge in [-0.25, -0.2) is 9.07 Å². The van der Waals surface area contributed by atoms with Crippen molar-refractivity contribution in [3.63, 3.8) is 0 Å². The first kappa shape index (κ1) is 17.5. The van der Waals surface area contributed by atoms with E-state index in [1.165, 1.54) is 12.1 Å². The summed E-state index contributed by atoms with van der Waals surface area (Å²) in [4.78, 5) is 12.9. The fraction of sp³-hybridized carbons (Fsp3) is 0.556. The van der Waals surface area contributed by atoms with Crippen LogP contribution in [0.2, 0.25) is 0 Å². The molecule has 0 N–H and O–H groups in total. The maximum absolute atomic E-state index is 13.7. The largest absolute Gasteiger partial charge is 0.457 e. The molecule has 0 bridgehead atoms. The molecule has 1 aliphatic carbocycles. The zero-order valence-corrected chi connectivity index (χ0v) is 14.4. The second-order valence-electron chi connectivity index (χ2n) is 6.55. The number of hydrogen-bond acceptors (Lipinski definition) is 5. The Bertz CT molecular complexity index is 725. The molecule has 1 saturated carbocycles. The number of carbonyl (C=O) groups is 1. The minimum atomic E-state index is -0.760. The van der Waals surface area contributed by atoms with Gasteiger partial charge in [-0.2, -0.15) is 0 Å². The summed E-state index contributed by atoms with van der Waals surface area (Å²) in [6.45, 7) is 2.82. The molecular formula is C18H23FN4O2. The fourth-order valence-corrected chi connectivity index (χ4v) is 3.45. The summed E-state index contributed by atoms with van der Waals surface area (Å²) in [7, 11) is 0. The van der Waals surface area contributed by atoms with E-state index in [2.05, 4.69) is 22.4 Å². The second-order valence-corrected chi connectivity index (χ2v) is 6.55. The van der Waals surface area contributed by atoms with Crippen molar-refractivity contribution in [1.82, 2.24) is 20.2 Å². The number of esters is 1. The number of carbonyl (C=O) groups excluding carboxylic acids is 1. The summed E-state index contributed by atoms with van der Waals surface area (Å²) < 4.78 is 20.9. The maximum atomic E-state index is 13.7. The number of tetrazole rings is 1. The molecule has 134 valence electrons. The van der Waals surface area contributed by atoms with Crippen LogP contribution >= 0.6 is 0 Å². The highest BCUT2D eigenvalue weighted by Crippen LogP contribution is 2.42. The molecule has 0 radical (unpaired) electrons. The van der Waals surface area contributed by atoms with Gasteiger partial charge in [-0.1, -0.05) is 38.3 Å². The first-order chi connectivity index (χ1) is 12.2. The predicted octanol–water partition coefficient (Wildman–Crippen LogP) is 3.17. The van der Waals surface area contributed by atoms with E-state index in [0.29, 0.717) is 30.8 Å². The Morgan fingerprint density at radius 1 is 1.36 bits per heavy atom. The van der Waals surface area contributed by atoms with Crippen LogP contribution in [0.3, 0.4) is 0 Å². The van der Waals surface area contributed by atoms with E-state index in [-0.39, 0.29) is 18.4 Å². The molecule has 0 saturated heterocycles. The Labute approximate surface area is 146 Å². The number of nitrogens with zero attached hydrogens (tertiary/aromatic N) is 4. The van der Waals surface area contributed by atoms with E-state index in [4.69, 9.17) is 4.74 Å². The first-order valence-corrected chi connectivity index (χ1v) is 8.84. The lowest BCUT2D eigenvalue weighted by Gasteiger charge is -2.27. The molecule has 6 nitrogen and oxygen atoms in total. The zero-order chi connectivity index (χ0) is 17.7. The first-order valence-electron chi connectivity index (χ1n) is 8.84. The van der Waals surface area contributed by atoms with E-state index < -0.39 is 5.41 Å². The van der Waals surface area contributed by atoms with Crippen molar-refractivity contribution in [2.24, 2.45) is 0 Å². The third-order valence-corrected chi connectivity index (χ3v) is 4.89. The summed E-state index contributed by atoms with van der Waals surface area (Å²) in [6, 6.07) is 6.28. The number of benzene rings is 1. The monoisotopic (exact) mass is 346 g/mol. The minimum Gasteiger partial charge on any atom is -0.457 e. The van der Waals surface area contributed by atoms with Crippen LogP contribution in [0, 0.1) is 5.82 Å². The van der Waals surface area contributed by atoms with E-state index in [9.17, 15) is 9.18 Å². The van der Waals surface area contributed by atoms with Gasteiger partial charge in [0, 0.05) is 6.54 Å². The van der Waals surface area contributed by atoms with E-state index in [1.807, 2.05) is 0 Å². The molecule has 0 spiro atoms. The van der Waals surface area contributed by atoms with Crippen molar-refractivity contribution in [3.05, 3.63) is 41.5 Å².